The zero-order chi connectivity index (χ0) is 36.4. The lowest BCUT2D eigenvalue weighted by molar-refractivity contribution is -0.123. The predicted molar refractivity (Wildman–Crippen MR) is 201 cm³/mol. The number of thiophene rings is 1. The second kappa shape index (κ2) is 17.3. The summed E-state index contributed by atoms with van der Waals surface area (Å²) >= 11 is 1.54. The molecule has 1 aromatic heterocycles. The molecule has 13 heteroatoms. The third-order valence-electron chi connectivity index (χ3n) is 8.48. The highest BCUT2D eigenvalue weighted by Gasteiger charge is 2.24. The largest absolute Gasteiger partial charge is 0.399 e. The molecule has 0 radical (unpaired) electrons. The van der Waals surface area contributed by atoms with Crippen molar-refractivity contribution in [3.8, 4) is 0 Å². The summed E-state index contributed by atoms with van der Waals surface area (Å²) in [6.45, 7) is 5.93. The molecule has 50 heavy (non-hydrogen) atoms. The SMILES string of the molecule is CC[C@H](NC[C@H](Cc1ccsc1)NC(=O)c1cc(C(=O)N[C@H](C)c2ccccc2)cc(N(C)S(C)(=O)=O)c1)C(=O)N[C@H](C)c1ccc(N)cc1. The Morgan fingerprint density at radius 2 is 1.44 bits per heavy atom. The van der Waals surface area contributed by atoms with Crippen LogP contribution < -0.4 is 31.3 Å². The van der Waals surface area contributed by atoms with Crippen molar-refractivity contribution in [3.05, 3.63) is 117 Å². The van der Waals surface area contributed by atoms with Crippen LogP contribution in [0, 0.1) is 0 Å². The summed E-state index contributed by atoms with van der Waals surface area (Å²) in [6.07, 6.45) is 2.04. The Labute approximate surface area is 298 Å². The molecule has 6 N–H and O–H groups in total. The minimum Gasteiger partial charge on any atom is -0.399 e. The van der Waals surface area contributed by atoms with E-state index in [1.807, 2.05) is 80.1 Å². The molecule has 3 amide bonds. The number of anilines is 2. The summed E-state index contributed by atoms with van der Waals surface area (Å²) in [7, 11) is -2.34. The summed E-state index contributed by atoms with van der Waals surface area (Å²) < 4.78 is 26.0. The van der Waals surface area contributed by atoms with Gasteiger partial charge in [0.05, 0.1) is 30.1 Å². The molecule has 11 nitrogen and oxygen atoms in total. The van der Waals surface area contributed by atoms with Gasteiger partial charge in [-0.1, -0.05) is 49.4 Å². The molecule has 0 spiro atoms. The Balaban J connectivity index is 1.54. The number of nitrogens with one attached hydrogen (secondary N) is 4. The fourth-order valence-corrected chi connectivity index (χ4v) is 6.55. The van der Waals surface area contributed by atoms with Crippen molar-refractivity contribution in [2.45, 2.75) is 57.8 Å². The topological polar surface area (TPSA) is 163 Å². The number of hydrogen-bond acceptors (Lipinski definition) is 8. The van der Waals surface area contributed by atoms with Gasteiger partial charge in [-0.3, -0.25) is 18.7 Å². The number of nitrogen functional groups attached to an aromatic ring is 1. The van der Waals surface area contributed by atoms with Crippen molar-refractivity contribution in [1.29, 1.82) is 0 Å². The van der Waals surface area contributed by atoms with E-state index >= 15 is 0 Å². The maximum absolute atomic E-state index is 13.9. The van der Waals surface area contributed by atoms with Gasteiger partial charge in [0.15, 0.2) is 0 Å². The van der Waals surface area contributed by atoms with Crippen molar-refractivity contribution in [2.75, 3.05) is 29.9 Å². The van der Waals surface area contributed by atoms with Gasteiger partial charge in [0, 0.05) is 36.4 Å². The van der Waals surface area contributed by atoms with E-state index in [2.05, 4.69) is 21.3 Å². The van der Waals surface area contributed by atoms with E-state index < -0.39 is 33.9 Å². The van der Waals surface area contributed by atoms with Gasteiger partial charge in [0.2, 0.25) is 15.9 Å². The zero-order valence-corrected chi connectivity index (χ0v) is 30.6. The van der Waals surface area contributed by atoms with Crippen LogP contribution in [0.5, 0.6) is 0 Å². The smallest absolute Gasteiger partial charge is 0.251 e. The number of nitrogens with two attached hydrogens (primary N) is 1. The first-order chi connectivity index (χ1) is 23.7. The first-order valence-corrected chi connectivity index (χ1v) is 19.2. The lowest BCUT2D eigenvalue weighted by atomic mass is 10.0. The number of rotatable bonds is 16. The predicted octanol–water partition coefficient (Wildman–Crippen LogP) is 4.80. The Kier molecular flexibility index (Phi) is 13.2. The molecule has 4 aromatic rings. The minimum absolute atomic E-state index is 0.118. The van der Waals surface area contributed by atoms with Gasteiger partial charge in [0.1, 0.15) is 0 Å². The van der Waals surface area contributed by atoms with Crippen molar-refractivity contribution < 1.29 is 22.8 Å². The average molecular weight is 719 g/mol. The van der Waals surface area contributed by atoms with Gasteiger partial charge in [-0.2, -0.15) is 11.3 Å². The molecule has 4 rings (SSSR count). The summed E-state index contributed by atoms with van der Waals surface area (Å²) in [5, 5.41) is 16.3. The number of amides is 3. The van der Waals surface area contributed by atoms with Gasteiger partial charge in [-0.25, -0.2) is 8.42 Å². The number of carbonyl (C=O) groups excluding carboxylic acids is 3. The number of nitrogens with zero attached hydrogens (tertiary/aromatic N) is 1. The zero-order valence-electron chi connectivity index (χ0n) is 29.0. The van der Waals surface area contributed by atoms with Crippen LogP contribution >= 0.6 is 11.3 Å². The van der Waals surface area contributed by atoms with Crippen LogP contribution in [0.4, 0.5) is 11.4 Å². The highest BCUT2D eigenvalue weighted by Crippen LogP contribution is 2.22. The molecule has 0 bridgehead atoms. The van der Waals surface area contributed by atoms with Crippen LogP contribution in [-0.2, 0) is 21.2 Å². The molecule has 3 aromatic carbocycles. The van der Waals surface area contributed by atoms with Crippen molar-refractivity contribution in [3.63, 3.8) is 0 Å². The molecule has 0 saturated carbocycles. The third-order valence-corrected chi connectivity index (χ3v) is 10.4. The number of sulfonamides is 1. The Bertz CT molecular complexity index is 1850. The van der Waals surface area contributed by atoms with Gasteiger partial charge in [-0.15, -0.1) is 0 Å². The molecule has 1 heterocycles. The van der Waals surface area contributed by atoms with Gasteiger partial charge in [0.25, 0.3) is 11.8 Å². The quantitative estimate of drug-likeness (QED) is 0.104. The minimum atomic E-state index is -3.70. The molecule has 0 saturated heterocycles. The number of benzene rings is 3. The monoisotopic (exact) mass is 718 g/mol. The molecule has 0 aliphatic heterocycles. The summed E-state index contributed by atoms with van der Waals surface area (Å²) in [5.41, 5.74) is 9.71. The Morgan fingerprint density at radius 1 is 0.840 bits per heavy atom. The Hall–Kier alpha value is -4.72. The van der Waals surface area contributed by atoms with E-state index in [-0.39, 0.29) is 41.3 Å². The summed E-state index contributed by atoms with van der Waals surface area (Å²) in [5.74, 6) is -1.12. The van der Waals surface area contributed by atoms with E-state index in [1.54, 1.807) is 12.1 Å². The fourth-order valence-electron chi connectivity index (χ4n) is 5.38. The standard InChI is InChI=1S/C37H46N6O5S2/c1-6-34(37(46)41-25(3)28-12-14-31(38)15-13-28)39-22-32(18-26-16-17-49-23-26)42-36(45)30-19-29(20-33(21-30)43(4)50(5,47)48)35(44)40-24(2)27-10-8-7-9-11-27/h7-17,19-21,23-25,32,34,39H,6,18,22,38H2,1-5H3,(H,40,44)(H,41,46)(H,42,45)/t24-,25-,32+,34+/m1/s1. The van der Waals surface area contributed by atoms with E-state index in [1.165, 1.54) is 36.6 Å². The third kappa shape index (κ3) is 10.6. The molecular formula is C37H46N6O5S2. The molecule has 0 unspecified atom stereocenters. The van der Waals surface area contributed by atoms with Crippen LogP contribution in [-0.4, -0.2) is 58.1 Å². The maximum atomic E-state index is 13.9. The van der Waals surface area contributed by atoms with Crippen LogP contribution in [0.2, 0.25) is 0 Å². The molecule has 0 aliphatic rings. The van der Waals surface area contributed by atoms with E-state index in [0.717, 1.165) is 27.3 Å². The van der Waals surface area contributed by atoms with Crippen molar-refractivity contribution >= 4 is 50.5 Å². The normalized spacial score (nSPS) is 13.8. The molecular weight excluding hydrogens is 673 g/mol. The first kappa shape index (κ1) is 38.1. The second-order valence-electron chi connectivity index (χ2n) is 12.4. The summed E-state index contributed by atoms with van der Waals surface area (Å²) in [6, 6.07) is 21.5. The van der Waals surface area contributed by atoms with Gasteiger partial charge < -0.3 is 27.0 Å². The molecule has 0 fully saturated rings. The number of carbonyl (C=O) groups is 3. The summed E-state index contributed by atoms with van der Waals surface area (Å²) in [4.78, 5) is 40.6. The first-order valence-electron chi connectivity index (χ1n) is 16.4. The second-order valence-corrected chi connectivity index (χ2v) is 15.2. The van der Waals surface area contributed by atoms with E-state index in [4.69, 9.17) is 5.73 Å². The fraction of sp³-hybridized carbons (Fsp3) is 0.324. The lowest BCUT2D eigenvalue weighted by Crippen LogP contribution is -2.50. The maximum Gasteiger partial charge on any atom is 0.251 e. The van der Waals surface area contributed by atoms with Crippen molar-refractivity contribution in [2.24, 2.45) is 0 Å². The highest BCUT2D eigenvalue weighted by molar-refractivity contribution is 7.92. The van der Waals surface area contributed by atoms with Crippen LogP contribution in [0.3, 0.4) is 0 Å². The lowest BCUT2D eigenvalue weighted by Gasteiger charge is -2.25. The molecule has 0 aliphatic carbocycles. The number of hydrogen-bond donors (Lipinski definition) is 5. The molecule has 266 valence electrons. The average Bonchev–Trinajstić information content (AvgIpc) is 3.61. The highest BCUT2D eigenvalue weighted by atomic mass is 32.2. The Morgan fingerprint density at radius 3 is 2.02 bits per heavy atom. The van der Waals surface area contributed by atoms with E-state index in [0.29, 0.717) is 18.5 Å². The van der Waals surface area contributed by atoms with Crippen LogP contribution in [0.15, 0.2) is 89.6 Å². The van der Waals surface area contributed by atoms with Crippen LogP contribution in [0.1, 0.15) is 76.7 Å². The van der Waals surface area contributed by atoms with Gasteiger partial charge in [-0.05, 0) is 90.5 Å². The van der Waals surface area contributed by atoms with Crippen LogP contribution in [0.25, 0.3) is 0 Å². The van der Waals surface area contributed by atoms with Gasteiger partial charge >= 0.3 is 0 Å². The van der Waals surface area contributed by atoms with E-state index in [9.17, 15) is 22.8 Å². The van der Waals surface area contributed by atoms with Crippen molar-refractivity contribution in [1.82, 2.24) is 21.3 Å². The molecule has 4 atom stereocenters.